The predicted molar refractivity (Wildman–Crippen MR) is 262 cm³/mol. The summed E-state index contributed by atoms with van der Waals surface area (Å²) in [6.45, 7) is 2.09. The number of aliphatic hydroxyl groups excluding tert-OH is 2. The number of rotatable bonds is 16. The van der Waals surface area contributed by atoms with E-state index in [1.165, 1.54) is 64.0 Å². The van der Waals surface area contributed by atoms with Gasteiger partial charge in [0.2, 0.25) is 0 Å². The van der Waals surface area contributed by atoms with Gasteiger partial charge >= 0.3 is 34.1 Å². The first-order valence-electron chi connectivity index (χ1n) is 15.7. The van der Waals surface area contributed by atoms with Crippen molar-refractivity contribution in [3.05, 3.63) is 53.5 Å². The Morgan fingerprint density at radius 1 is 0.424 bits per heavy atom. The molecule has 342 valence electrons. The van der Waals surface area contributed by atoms with Gasteiger partial charge < -0.3 is 59.1 Å². The van der Waals surface area contributed by atoms with Crippen LogP contribution in [0, 0.1) is 0 Å². The summed E-state index contributed by atoms with van der Waals surface area (Å²) >= 11 is 18.7. The van der Waals surface area contributed by atoms with Crippen LogP contribution in [-0.4, -0.2) is 131 Å². The molecule has 0 atom stereocenters. The fraction of sp³-hybridized carbons (Fsp3) is 0.467. The third-order valence-corrected chi connectivity index (χ3v) is 22.3. The number of aliphatic hydroxyl groups is 2. The summed E-state index contributed by atoms with van der Waals surface area (Å²) in [6, 6.07) is 0. The first-order valence-corrected chi connectivity index (χ1v) is 27.1. The van der Waals surface area contributed by atoms with Crippen molar-refractivity contribution in [1.29, 1.82) is 0 Å². The molecule has 15 nitrogen and oxygen atoms in total. The van der Waals surface area contributed by atoms with Gasteiger partial charge in [-0.1, -0.05) is 94.1 Å². The van der Waals surface area contributed by atoms with E-state index in [-0.39, 0.29) is 92.0 Å². The Balaban J connectivity index is -0.000000936. The first-order chi connectivity index (χ1) is 27.1. The number of thioether (sulfide) groups is 12. The molecule has 0 amide bonds. The van der Waals surface area contributed by atoms with Crippen LogP contribution < -0.4 is 43.4 Å². The van der Waals surface area contributed by atoms with Crippen molar-refractivity contribution >= 4 is 165 Å². The van der Waals surface area contributed by atoms with Gasteiger partial charge in [-0.2, -0.15) is 0 Å². The zero-order valence-corrected chi connectivity index (χ0v) is 44.0. The number of nitrogens with two attached hydrogens (primary N) is 4. The largest absolute Gasteiger partial charge is 2.00 e. The molecule has 4 rings (SSSR count). The van der Waals surface area contributed by atoms with Gasteiger partial charge in [0.05, 0.1) is 60.1 Å². The number of hydrogen-bond donors (Lipinski definition) is 6. The van der Waals surface area contributed by atoms with Gasteiger partial charge in [-0.05, 0) is 48.6 Å². The Labute approximate surface area is 418 Å². The molecule has 0 unspecified atom stereocenters. The molecule has 0 fully saturated rings. The van der Waals surface area contributed by atoms with Crippen molar-refractivity contribution in [3.8, 4) is 0 Å². The van der Waals surface area contributed by atoms with Crippen LogP contribution in [0.2, 0.25) is 0 Å². The van der Waals surface area contributed by atoms with Crippen molar-refractivity contribution in [2.75, 3.05) is 91.6 Å². The van der Waals surface area contributed by atoms with E-state index in [0.29, 0.717) is 19.6 Å². The molecule has 59 heavy (non-hydrogen) atoms. The quantitative estimate of drug-likeness (QED) is 0.0725. The van der Waals surface area contributed by atoms with E-state index in [4.69, 9.17) is 33.1 Å². The maximum absolute atomic E-state index is 12.4. The Morgan fingerprint density at radius 3 is 0.746 bits per heavy atom. The molecular weight excluding hydrogens is 1100 g/mol. The van der Waals surface area contributed by atoms with Gasteiger partial charge in [0.1, 0.15) is 0 Å². The molecule has 4 aliphatic rings. The molecule has 0 aromatic heterocycles. The zero-order chi connectivity index (χ0) is 42.2. The Bertz CT molecular complexity index is 1440. The summed E-state index contributed by atoms with van der Waals surface area (Å²) < 4.78 is 8.96. The van der Waals surface area contributed by atoms with E-state index in [2.05, 4.69) is 20.0 Å². The van der Waals surface area contributed by atoms with Gasteiger partial charge in [0.15, 0.2) is 0 Å². The maximum atomic E-state index is 12.4. The van der Waals surface area contributed by atoms with E-state index < -0.39 is 23.6 Å². The maximum Gasteiger partial charge on any atom is 2.00 e. The average molecular weight is 1140 g/mol. The van der Waals surface area contributed by atoms with Crippen molar-refractivity contribution < 1.29 is 70.3 Å². The van der Waals surface area contributed by atoms with E-state index in [1.807, 2.05) is 25.0 Å². The molecule has 2 radical (unpaired) electrons. The summed E-state index contributed by atoms with van der Waals surface area (Å²) in [4.78, 5) is 17.1. The molecule has 0 bridgehead atoms. The average Bonchev–Trinajstić information content (AvgIpc) is 4.05. The SMILES string of the molecule is CO.CO.CSC1=C(SC)SC(=C2SC(C([O-])=NCCN)=C(C([O-])=NCCN)S2)S1.CSC1=C(SC)SC(=C2SC(C([O-])=NCCN)=C(C([O-])=NCCN)S2)S1.O.[Cu+2].[Cu+2]. The van der Waals surface area contributed by atoms with E-state index in [1.54, 1.807) is 94.1 Å². The predicted octanol–water partition coefficient (Wildman–Crippen LogP) is 1.53. The number of nitrogens with zero attached hydrogens (tertiary/aromatic N) is 4. The molecule has 0 spiro atoms. The molecular formula is C30H46Cu2N8O7S12. The molecule has 29 heteroatoms. The van der Waals surface area contributed by atoms with Gasteiger partial charge in [-0.25, -0.2) is 0 Å². The molecule has 12 N–H and O–H groups in total. The second-order valence-electron chi connectivity index (χ2n) is 9.15. The van der Waals surface area contributed by atoms with Crippen LogP contribution in [0.15, 0.2) is 73.5 Å². The minimum Gasteiger partial charge on any atom is -0.858 e. The monoisotopic (exact) mass is 1140 g/mol. The van der Waals surface area contributed by atoms with Crippen LogP contribution in [0.4, 0.5) is 0 Å². The van der Waals surface area contributed by atoms with Crippen LogP contribution in [0.5, 0.6) is 0 Å². The van der Waals surface area contributed by atoms with Gasteiger partial charge in [-0.3, -0.25) is 20.0 Å². The van der Waals surface area contributed by atoms with Gasteiger partial charge in [0.25, 0.3) is 0 Å². The second-order valence-corrected chi connectivity index (χ2v) is 22.6. The molecule has 0 aromatic rings. The number of aliphatic imine (C=N–C) groups is 4. The van der Waals surface area contributed by atoms with Crippen molar-refractivity contribution in [2.45, 2.75) is 0 Å². The second kappa shape index (κ2) is 37.5. The molecule has 4 heterocycles. The van der Waals surface area contributed by atoms with Crippen LogP contribution in [0.25, 0.3) is 0 Å². The minimum absolute atomic E-state index is 0. The van der Waals surface area contributed by atoms with E-state index in [0.717, 1.165) is 31.2 Å². The fourth-order valence-electron chi connectivity index (χ4n) is 3.49. The Hall–Kier alpha value is 1.28. The van der Waals surface area contributed by atoms with Crippen molar-refractivity contribution in [3.63, 3.8) is 0 Å². The normalized spacial score (nSPS) is 17.3. The smallest absolute Gasteiger partial charge is 0.858 e. The standard InChI is InChI=1S/2C14H20N4O2S6.2CH4O.2Cu.H2O/c2*1-21-11-12(22-2)26-14(25-11)13-23-7(9(19)17-5-3-15)8(24-13)10(20)18-6-4-16;2*1-2;;;/h2*3-6,15-16H2,1-2H3,(H,17,19)(H,18,20);2*2H,1H3;;;1H2/q;;;;2*+2;/p-4. The van der Waals surface area contributed by atoms with Crippen LogP contribution in [-0.2, 0) is 34.1 Å². The number of hydrogen-bond acceptors (Lipinski definition) is 26. The van der Waals surface area contributed by atoms with E-state index >= 15 is 0 Å². The van der Waals surface area contributed by atoms with Crippen molar-refractivity contribution in [2.24, 2.45) is 42.9 Å². The van der Waals surface area contributed by atoms with Gasteiger partial charge in [0, 0.05) is 60.0 Å². The summed E-state index contributed by atoms with van der Waals surface area (Å²) in [5, 5.41) is 63.6. The molecule has 0 aliphatic carbocycles. The van der Waals surface area contributed by atoms with Crippen LogP contribution in [0.3, 0.4) is 0 Å². The molecule has 0 saturated heterocycles. The van der Waals surface area contributed by atoms with Crippen LogP contribution >= 0.6 is 141 Å². The van der Waals surface area contributed by atoms with Crippen molar-refractivity contribution in [1.82, 2.24) is 0 Å². The minimum atomic E-state index is -0.411. The summed E-state index contributed by atoms with van der Waals surface area (Å²) in [5.74, 6) is -1.64. The van der Waals surface area contributed by atoms with Gasteiger partial charge in [-0.15, -0.1) is 47.0 Å². The summed E-state index contributed by atoms with van der Waals surface area (Å²) in [5.41, 5.74) is 21.7. The summed E-state index contributed by atoms with van der Waals surface area (Å²) in [6.07, 6.45) is 8.17. The zero-order valence-electron chi connectivity index (χ0n) is 32.3. The fourth-order valence-corrected chi connectivity index (χ4v) is 19.0. The third kappa shape index (κ3) is 20.6. The van der Waals surface area contributed by atoms with Crippen LogP contribution in [0.1, 0.15) is 0 Å². The Morgan fingerprint density at radius 2 is 0.593 bits per heavy atom. The first kappa shape index (κ1) is 64.6. The molecule has 0 saturated carbocycles. The molecule has 4 aliphatic heterocycles. The third-order valence-electron chi connectivity index (χ3n) is 5.66. The van der Waals surface area contributed by atoms with E-state index in [9.17, 15) is 20.4 Å². The molecule has 0 aromatic carbocycles. The Kier molecular flexibility index (Phi) is 41.0. The summed E-state index contributed by atoms with van der Waals surface area (Å²) in [7, 11) is 2.00. The topological polar surface area (TPSA) is 318 Å².